The van der Waals surface area contributed by atoms with Crippen molar-refractivity contribution in [3.8, 4) is 0 Å². The van der Waals surface area contributed by atoms with Crippen molar-refractivity contribution in [2.24, 2.45) is 0 Å². The molecule has 0 aliphatic heterocycles. The van der Waals surface area contributed by atoms with Gasteiger partial charge in [0.2, 0.25) is 0 Å². The second-order valence-corrected chi connectivity index (χ2v) is 12.0. The summed E-state index contributed by atoms with van der Waals surface area (Å²) in [6.07, 6.45) is 1.51. The molecule has 1 unspecified atom stereocenters. The van der Waals surface area contributed by atoms with E-state index in [1.807, 2.05) is 84.9 Å². The molecule has 230 valence electrons. The number of hydrogen-bond donors (Lipinski definition) is 2. The number of fused-ring (bicyclic) bond motifs is 1. The lowest BCUT2D eigenvalue weighted by Gasteiger charge is -2.25. The van der Waals surface area contributed by atoms with Gasteiger partial charge in [0.15, 0.2) is 5.78 Å². The van der Waals surface area contributed by atoms with Crippen molar-refractivity contribution in [1.29, 1.82) is 0 Å². The van der Waals surface area contributed by atoms with Crippen LogP contribution >= 0.6 is 0 Å². The van der Waals surface area contributed by atoms with Crippen LogP contribution < -0.4 is 10.6 Å². The number of amides is 1. The average Bonchev–Trinajstić information content (AvgIpc) is 3.45. The van der Waals surface area contributed by atoms with Gasteiger partial charge in [-0.2, -0.15) is 0 Å². The standard InChI is InChI=1S/C38H39N3O4/c1-38(2,3)45-37(44)41-26-32(30-21-13-14-22-34(30)41)36(43)40-24-23-39-33(35(42)29-19-11-6-12-20-29)25-31(27-15-7-4-8-16-27)28-17-9-5-10-18-28/h4-22,26,31,33,39H,23-25H2,1-3H3,(H,40,43). The van der Waals surface area contributed by atoms with E-state index in [-0.39, 0.29) is 24.2 Å². The van der Waals surface area contributed by atoms with Crippen LogP contribution in [0.5, 0.6) is 0 Å². The van der Waals surface area contributed by atoms with Gasteiger partial charge in [0, 0.05) is 36.2 Å². The Labute approximate surface area is 264 Å². The topological polar surface area (TPSA) is 89.4 Å². The molecule has 7 nitrogen and oxygen atoms in total. The van der Waals surface area contributed by atoms with Gasteiger partial charge in [-0.1, -0.05) is 109 Å². The zero-order valence-electron chi connectivity index (χ0n) is 25.9. The number of hydrogen-bond acceptors (Lipinski definition) is 5. The molecule has 0 bridgehead atoms. The molecule has 7 heteroatoms. The molecule has 2 N–H and O–H groups in total. The lowest BCUT2D eigenvalue weighted by atomic mass is 9.84. The average molecular weight is 602 g/mol. The van der Waals surface area contributed by atoms with Crippen LogP contribution in [0.3, 0.4) is 0 Å². The first-order chi connectivity index (χ1) is 21.7. The second kappa shape index (κ2) is 14.2. The van der Waals surface area contributed by atoms with Gasteiger partial charge >= 0.3 is 6.09 Å². The van der Waals surface area contributed by atoms with Crippen molar-refractivity contribution < 1.29 is 19.1 Å². The molecule has 1 aromatic heterocycles. The predicted octanol–water partition coefficient (Wildman–Crippen LogP) is 7.22. The predicted molar refractivity (Wildman–Crippen MR) is 178 cm³/mol. The fourth-order valence-corrected chi connectivity index (χ4v) is 5.50. The maximum absolute atomic E-state index is 13.8. The summed E-state index contributed by atoms with van der Waals surface area (Å²) in [5.41, 5.74) is 3.19. The molecule has 1 heterocycles. The van der Waals surface area contributed by atoms with Crippen LogP contribution in [0.2, 0.25) is 0 Å². The SMILES string of the molecule is CC(C)(C)OC(=O)n1cc(C(=O)NCCNC(CC(c2ccccc2)c2ccccc2)C(=O)c2ccccc2)c2ccccc21. The molecule has 0 aliphatic rings. The van der Waals surface area contributed by atoms with Crippen LogP contribution in [0.4, 0.5) is 4.79 Å². The van der Waals surface area contributed by atoms with E-state index >= 15 is 0 Å². The Kier molecular flexibility index (Phi) is 9.90. The number of nitrogens with zero attached hydrogens (tertiary/aromatic N) is 1. The van der Waals surface area contributed by atoms with E-state index in [9.17, 15) is 14.4 Å². The number of carbonyl (C=O) groups is 3. The molecular formula is C38H39N3O4. The van der Waals surface area contributed by atoms with Gasteiger partial charge in [0.1, 0.15) is 5.60 Å². The van der Waals surface area contributed by atoms with Gasteiger partial charge in [-0.15, -0.1) is 0 Å². The minimum absolute atomic E-state index is 0.000722. The Hall–Kier alpha value is -5.01. The number of ether oxygens (including phenoxy) is 1. The number of rotatable bonds is 11. The molecule has 0 radical (unpaired) electrons. The number of benzene rings is 4. The van der Waals surface area contributed by atoms with Gasteiger partial charge in [-0.3, -0.25) is 14.2 Å². The Balaban J connectivity index is 1.32. The minimum Gasteiger partial charge on any atom is -0.443 e. The normalized spacial score (nSPS) is 12.2. The molecule has 1 atom stereocenters. The van der Waals surface area contributed by atoms with Gasteiger partial charge in [0.25, 0.3) is 5.91 Å². The van der Waals surface area contributed by atoms with Crippen LogP contribution in [0.1, 0.15) is 65.0 Å². The zero-order valence-corrected chi connectivity index (χ0v) is 25.9. The quantitative estimate of drug-likeness (QED) is 0.123. The summed E-state index contributed by atoms with van der Waals surface area (Å²) in [5.74, 6) is -0.321. The highest BCUT2D eigenvalue weighted by atomic mass is 16.6. The Morgan fingerprint density at radius 3 is 1.89 bits per heavy atom. The van der Waals surface area contributed by atoms with Gasteiger partial charge < -0.3 is 15.4 Å². The van der Waals surface area contributed by atoms with E-state index in [1.54, 1.807) is 26.8 Å². The van der Waals surface area contributed by atoms with Crippen LogP contribution in [0.15, 0.2) is 121 Å². The summed E-state index contributed by atoms with van der Waals surface area (Å²) in [4.78, 5) is 40.1. The van der Waals surface area contributed by atoms with Gasteiger partial charge in [-0.05, 0) is 44.4 Å². The maximum atomic E-state index is 13.8. The van der Waals surface area contributed by atoms with Gasteiger partial charge in [-0.25, -0.2) is 4.79 Å². The summed E-state index contributed by atoms with van der Waals surface area (Å²) in [6.45, 7) is 6.06. The summed E-state index contributed by atoms with van der Waals surface area (Å²) in [6, 6.07) is 36.5. The van der Waals surface area contributed by atoms with E-state index < -0.39 is 17.7 Å². The minimum atomic E-state index is -0.676. The fourth-order valence-electron chi connectivity index (χ4n) is 5.50. The molecule has 0 saturated heterocycles. The van der Waals surface area contributed by atoms with Crippen LogP contribution in [-0.4, -0.2) is 47.1 Å². The highest BCUT2D eigenvalue weighted by Crippen LogP contribution is 2.30. The number of ketones is 1. The van der Waals surface area contributed by atoms with Crippen LogP contribution in [0.25, 0.3) is 10.9 Å². The van der Waals surface area contributed by atoms with E-state index in [4.69, 9.17) is 4.74 Å². The molecule has 0 saturated carbocycles. The molecule has 1 amide bonds. The van der Waals surface area contributed by atoms with Crippen LogP contribution in [0, 0.1) is 0 Å². The smallest absolute Gasteiger partial charge is 0.419 e. The van der Waals surface area contributed by atoms with Crippen molar-refractivity contribution >= 4 is 28.7 Å². The highest BCUT2D eigenvalue weighted by Gasteiger charge is 2.26. The molecule has 4 aromatic carbocycles. The second-order valence-electron chi connectivity index (χ2n) is 12.0. The monoisotopic (exact) mass is 601 g/mol. The van der Waals surface area contributed by atoms with Gasteiger partial charge in [0.05, 0.1) is 17.1 Å². The molecule has 45 heavy (non-hydrogen) atoms. The molecule has 5 aromatic rings. The number of para-hydroxylation sites is 1. The first-order valence-electron chi connectivity index (χ1n) is 15.3. The van der Waals surface area contributed by atoms with E-state index in [0.717, 1.165) is 11.1 Å². The van der Waals surface area contributed by atoms with Crippen molar-refractivity contribution in [1.82, 2.24) is 15.2 Å². The molecule has 0 aliphatic carbocycles. The summed E-state index contributed by atoms with van der Waals surface area (Å²) in [7, 11) is 0. The molecular weight excluding hydrogens is 562 g/mol. The third-order valence-electron chi connectivity index (χ3n) is 7.60. The van der Waals surface area contributed by atoms with Crippen molar-refractivity contribution in [3.63, 3.8) is 0 Å². The zero-order chi connectivity index (χ0) is 31.8. The van der Waals surface area contributed by atoms with Crippen LogP contribution in [-0.2, 0) is 4.74 Å². The van der Waals surface area contributed by atoms with E-state index in [0.29, 0.717) is 35.0 Å². The number of nitrogens with one attached hydrogen (secondary N) is 2. The molecule has 0 spiro atoms. The first-order valence-corrected chi connectivity index (χ1v) is 15.3. The van der Waals surface area contributed by atoms with Crippen molar-refractivity contribution in [3.05, 3.63) is 144 Å². The summed E-state index contributed by atoms with van der Waals surface area (Å²) < 4.78 is 6.93. The third-order valence-corrected chi connectivity index (χ3v) is 7.60. The Bertz CT molecular complexity index is 1700. The fraction of sp³-hybridized carbons (Fsp3) is 0.237. The van der Waals surface area contributed by atoms with Crippen molar-refractivity contribution in [2.45, 2.75) is 44.8 Å². The summed E-state index contributed by atoms with van der Waals surface area (Å²) >= 11 is 0. The van der Waals surface area contributed by atoms with E-state index in [2.05, 4.69) is 34.9 Å². The number of aromatic nitrogens is 1. The number of carbonyl (C=O) groups excluding carboxylic acids is 3. The van der Waals surface area contributed by atoms with E-state index in [1.165, 1.54) is 10.8 Å². The molecule has 0 fully saturated rings. The molecule has 5 rings (SSSR count). The Morgan fingerprint density at radius 2 is 1.29 bits per heavy atom. The Morgan fingerprint density at radius 1 is 0.733 bits per heavy atom. The largest absolute Gasteiger partial charge is 0.443 e. The first kappa shape index (κ1) is 31.4. The summed E-state index contributed by atoms with van der Waals surface area (Å²) in [5, 5.41) is 7.05. The highest BCUT2D eigenvalue weighted by molar-refractivity contribution is 6.09. The lowest BCUT2D eigenvalue weighted by Crippen LogP contribution is -2.42. The lowest BCUT2D eigenvalue weighted by molar-refractivity contribution is 0.0544. The number of Topliss-reactive ketones (excluding diaryl/α,β-unsaturated/α-hetero) is 1. The third kappa shape index (κ3) is 7.94. The maximum Gasteiger partial charge on any atom is 0.419 e. The van der Waals surface area contributed by atoms with Crippen molar-refractivity contribution in [2.75, 3.05) is 13.1 Å².